The predicted octanol–water partition coefficient (Wildman–Crippen LogP) is 3.86. The van der Waals surface area contributed by atoms with Gasteiger partial charge in [0.1, 0.15) is 0 Å². The highest BCUT2D eigenvalue weighted by atomic mass is 79.9. The molecule has 66 valence electrons. The lowest BCUT2D eigenvalue weighted by Crippen LogP contribution is -1.80. The molecule has 3 heteroatoms. The third-order valence-electron chi connectivity index (χ3n) is 1.37. The Hall–Kier alpha value is 0.400. The first-order valence-corrected chi connectivity index (χ1v) is 6.23. The maximum atomic E-state index is 4.16. The molecule has 0 aliphatic carbocycles. The maximum absolute atomic E-state index is 4.16. The third kappa shape index (κ3) is 3.87. The van der Waals surface area contributed by atoms with E-state index in [0.717, 1.165) is 16.0 Å². The van der Waals surface area contributed by atoms with Gasteiger partial charge < -0.3 is 0 Å². The van der Waals surface area contributed by atoms with Crippen molar-refractivity contribution in [1.29, 1.82) is 0 Å². The highest BCUT2D eigenvalue weighted by molar-refractivity contribution is 9.10. The van der Waals surface area contributed by atoms with E-state index < -0.39 is 0 Å². The van der Waals surface area contributed by atoms with E-state index in [0.29, 0.717) is 0 Å². The van der Waals surface area contributed by atoms with E-state index in [4.69, 9.17) is 0 Å². The number of halogens is 1. The second-order valence-corrected chi connectivity index (χ2v) is 4.91. The number of hydrogen-bond donors (Lipinski definition) is 1. The SMILES string of the molecule is SCCCSc1cccc(Br)c1. The van der Waals surface area contributed by atoms with Gasteiger partial charge in [-0.05, 0) is 36.1 Å². The molecule has 0 aromatic heterocycles. The topological polar surface area (TPSA) is 0 Å². The van der Waals surface area contributed by atoms with Crippen LogP contribution in [0, 0.1) is 0 Å². The molecule has 0 radical (unpaired) electrons. The second-order valence-electron chi connectivity index (χ2n) is 2.38. The molecule has 0 fully saturated rings. The van der Waals surface area contributed by atoms with Crippen LogP contribution in [-0.2, 0) is 0 Å². The van der Waals surface area contributed by atoms with E-state index in [1.165, 1.54) is 11.3 Å². The number of thioether (sulfide) groups is 1. The van der Waals surface area contributed by atoms with Crippen molar-refractivity contribution < 1.29 is 0 Å². The Morgan fingerprint density at radius 2 is 2.25 bits per heavy atom. The molecule has 0 heterocycles. The fraction of sp³-hybridized carbons (Fsp3) is 0.333. The predicted molar refractivity (Wildman–Crippen MR) is 63.3 cm³/mol. The quantitative estimate of drug-likeness (QED) is 0.489. The van der Waals surface area contributed by atoms with Gasteiger partial charge in [-0.1, -0.05) is 22.0 Å². The minimum absolute atomic E-state index is 0.973. The van der Waals surface area contributed by atoms with Gasteiger partial charge in [0, 0.05) is 9.37 Å². The first-order valence-electron chi connectivity index (χ1n) is 3.82. The Kier molecular flexibility index (Phi) is 5.19. The minimum atomic E-state index is 0.973. The fourth-order valence-electron chi connectivity index (χ4n) is 0.811. The van der Waals surface area contributed by atoms with Gasteiger partial charge >= 0.3 is 0 Å². The molecule has 1 aromatic carbocycles. The Balaban J connectivity index is 2.41. The number of rotatable bonds is 4. The van der Waals surface area contributed by atoms with E-state index in [-0.39, 0.29) is 0 Å². The maximum Gasteiger partial charge on any atom is 0.0186 e. The van der Waals surface area contributed by atoms with Crippen LogP contribution in [-0.4, -0.2) is 11.5 Å². The summed E-state index contributed by atoms with van der Waals surface area (Å²) in [5.74, 6) is 2.13. The van der Waals surface area contributed by atoms with Crippen LogP contribution in [0.25, 0.3) is 0 Å². The van der Waals surface area contributed by atoms with E-state index in [1.807, 2.05) is 17.8 Å². The molecule has 0 aliphatic rings. The van der Waals surface area contributed by atoms with Gasteiger partial charge in [0.15, 0.2) is 0 Å². The van der Waals surface area contributed by atoms with Crippen molar-refractivity contribution in [1.82, 2.24) is 0 Å². The van der Waals surface area contributed by atoms with Crippen LogP contribution in [0.1, 0.15) is 6.42 Å². The van der Waals surface area contributed by atoms with Gasteiger partial charge in [-0.2, -0.15) is 12.6 Å². The monoisotopic (exact) mass is 262 g/mol. The largest absolute Gasteiger partial charge is 0.179 e. The second kappa shape index (κ2) is 5.95. The Labute approximate surface area is 91.7 Å². The van der Waals surface area contributed by atoms with Crippen molar-refractivity contribution in [2.75, 3.05) is 11.5 Å². The smallest absolute Gasteiger partial charge is 0.0186 e. The minimum Gasteiger partial charge on any atom is -0.179 e. The molecule has 0 aliphatic heterocycles. The van der Waals surface area contributed by atoms with Gasteiger partial charge in [0.2, 0.25) is 0 Å². The highest BCUT2D eigenvalue weighted by Crippen LogP contribution is 2.22. The molecular formula is C9H11BrS2. The summed E-state index contributed by atoms with van der Waals surface area (Å²) < 4.78 is 1.15. The average Bonchev–Trinajstić information content (AvgIpc) is 2.05. The van der Waals surface area contributed by atoms with Gasteiger partial charge in [-0.3, -0.25) is 0 Å². The summed E-state index contributed by atoms with van der Waals surface area (Å²) in [6.07, 6.45) is 1.17. The molecule has 0 amide bonds. The molecule has 0 nitrogen and oxygen atoms in total. The van der Waals surface area contributed by atoms with E-state index in [9.17, 15) is 0 Å². The summed E-state index contributed by atoms with van der Waals surface area (Å²) >= 11 is 9.49. The third-order valence-corrected chi connectivity index (χ3v) is 3.26. The van der Waals surface area contributed by atoms with E-state index in [1.54, 1.807) is 0 Å². The lowest BCUT2D eigenvalue weighted by Gasteiger charge is -1.99. The van der Waals surface area contributed by atoms with Crippen LogP contribution in [0.2, 0.25) is 0 Å². The first-order chi connectivity index (χ1) is 5.83. The van der Waals surface area contributed by atoms with Crippen LogP contribution in [0.4, 0.5) is 0 Å². The summed E-state index contributed by atoms with van der Waals surface area (Å²) in [4.78, 5) is 1.33. The Bertz CT molecular complexity index is 238. The van der Waals surface area contributed by atoms with Crippen molar-refractivity contribution in [2.45, 2.75) is 11.3 Å². The van der Waals surface area contributed by atoms with E-state index in [2.05, 4.69) is 46.8 Å². The van der Waals surface area contributed by atoms with Crippen molar-refractivity contribution >= 4 is 40.3 Å². The van der Waals surface area contributed by atoms with Crippen molar-refractivity contribution in [3.63, 3.8) is 0 Å². The van der Waals surface area contributed by atoms with E-state index >= 15 is 0 Å². The Morgan fingerprint density at radius 1 is 1.42 bits per heavy atom. The molecule has 1 aromatic rings. The Morgan fingerprint density at radius 3 is 2.92 bits per heavy atom. The summed E-state index contributed by atoms with van der Waals surface area (Å²) in [5.41, 5.74) is 0. The molecule has 0 bridgehead atoms. The molecule has 0 saturated heterocycles. The van der Waals surface area contributed by atoms with Crippen LogP contribution >= 0.6 is 40.3 Å². The summed E-state index contributed by atoms with van der Waals surface area (Å²) in [7, 11) is 0. The van der Waals surface area contributed by atoms with Crippen LogP contribution in [0.3, 0.4) is 0 Å². The average molecular weight is 263 g/mol. The lowest BCUT2D eigenvalue weighted by atomic mass is 10.4. The highest BCUT2D eigenvalue weighted by Gasteiger charge is 1.93. The van der Waals surface area contributed by atoms with Crippen LogP contribution in [0.15, 0.2) is 33.6 Å². The fourth-order valence-corrected chi connectivity index (χ4v) is 2.64. The van der Waals surface area contributed by atoms with Crippen LogP contribution < -0.4 is 0 Å². The molecule has 0 atom stereocenters. The standard InChI is InChI=1S/C9H11BrS2/c10-8-3-1-4-9(7-8)12-6-2-5-11/h1,3-4,7,11H,2,5-6H2. The molecule has 0 saturated carbocycles. The molecular weight excluding hydrogens is 252 g/mol. The number of benzene rings is 1. The molecule has 12 heavy (non-hydrogen) atoms. The van der Waals surface area contributed by atoms with Gasteiger partial charge in [-0.15, -0.1) is 11.8 Å². The van der Waals surface area contributed by atoms with Gasteiger partial charge in [-0.25, -0.2) is 0 Å². The van der Waals surface area contributed by atoms with Gasteiger partial charge in [0.25, 0.3) is 0 Å². The van der Waals surface area contributed by atoms with Gasteiger partial charge in [0.05, 0.1) is 0 Å². The normalized spacial score (nSPS) is 10.2. The first kappa shape index (κ1) is 10.5. The molecule has 0 unspecified atom stereocenters. The van der Waals surface area contributed by atoms with Crippen molar-refractivity contribution in [3.05, 3.63) is 28.7 Å². The summed E-state index contributed by atoms with van der Waals surface area (Å²) in [6.45, 7) is 0. The molecule has 1 rings (SSSR count). The number of thiol groups is 1. The summed E-state index contributed by atoms with van der Waals surface area (Å²) in [5, 5.41) is 0. The van der Waals surface area contributed by atoms with Crippen molar-refractivity contribution in [3.8, 4) is 0 Å². The lowest BCUT2D eigenvalue weighted by molar-refractivity contribution is 1.13. The van der Waals surface area contributed by atoms with Crippen molar-refractivity contribution in [2.24, 2.45) is 0 Å². The zero-order valence-electron chi connectivity index (χ0n) is 6.66. The number of hydrogen-bond acceptors (Lipinski definition) is 2. The summed E-state index contributed by atoms with van der Waals surface area (Å²) in [6, 6.07) is 8.38. The van der Waals surface area contributed by atoms with Crippen LogP contribution in [0.5, 0.6) is 0 Å². The zero-order chi connectivity index (χ0) is 8.81. The molecule has 0 spiro atoms. The molecule has 0 N–H and O–H groups in total. The zero-order valence-corrected chi connectivity index (χ0v) is 9.96.